The van der Waals surface area contributed by atoms with E-state index in [1.165, 1.54) is 12.3 Å². The van der Waals surface area contributed by atoms with Gasteiger partial charge in [0.1, 0.15) is 11.6 Å². The Bertz CT molecular complexity index is 197. The first-order chi connectivity index (χ1) is 3.93. The molecule has 0 aliphatic heterocycles. The maximum Gasteiger partial charge on any atom is 0.126 e. The van der Waals surface area contributed by atoms with Crippen molar-refractivity contribution in [2.45, 2.75) is 0 Å². The first-order valence-electron chi connectivity index (χ1n) is 2.00. The Hall–Kier alpha value is -1.41. The van der Waals surface area contributed by atoms with E-state index in [9.17, 15) is 4.79 Å². The molecule has 1 heterocycles. The molecule has 0 fully saturated rings. The largest absolute Gasteiger partial charge is 0.233 e. The minimum atomic E-state index is 0.500. The van der Waals surface area contributed by atoms with Crippen molar-refractivity contribution in [2.24, 2.45) is 0 Å². The van der Waals surface area contributed by atoms with Crippen molar-refractivity contribution in [3.63, 3.8) is 0 Å². The molecule has 0 aliphatic carbocycles. The normalized spacial score (nSPS) is 8.00. The smallest absolute Gasteiger partial charge is 0.126 e. The molecule has 0 spiro atoms. The number of nitrogens with zero attached hydrogens (tertiary/aromatic N) is 2. The van der Waals surface area contributed by atoms with E-state index in [2.05, 4.69) is 15.4 Å². The van der Waals surface area contributed by atoms with E-state index in [-0.39, 0.29) is 0 Å². The highest BCUT2D eigenvalue weighted by atomic mass is 16.1. The molecule has 4 heteroatoms. The summed E-state index contributed by atoms with van der Waals surface area (Å²) in [6, 6.07) is 0. The van der Waals surface area contributed by atoms with E-state index in [1.54, 1.807) is 5.94 Å². The molecular weight excluding hydrogens is 106 g/mol. The average Bonchev–Trinajstić information content (AvgIpc) is 2.19. The van der Waals surface area contributed by atoms with Crippen molar-refractivity contribution in [1.29, 1.82) is 0 Å². The fraction of sp³-hybridized carbons (Fsp3) is 0. The van der Waals surface area contributed by atoms with Crippen LogP contribution in [0.5, 0.6) is 0 Å². The van der Waals surface area contributed by atoms with Crippen LogP contribution in [0.2, 0.25) is 0 Å². The van der Waals surface area contributed by atoms with E-state index >= 15 is 0 Å². The van der Waals surface area contributed by atoms with Gasteiger partial charge >= 0.3 is 0 Å². The number of hydrogen-bond acceptors (Lipinski definition) is 3. The maximum atomic E-state index is 9.61. The van der Waals surface area contributed by atoms with E-state index in [0.717, 1.165) is 0 Å². The molecule has 0 saturated heterocycles. The molecule has 40 valence electrons. The van der Waals surface area contributed by atoms with Crippen LogP contribution in [0.1, 0.15) is 5.69 Å². The standard InChI is InChI=1S/C4H3N3O/c8-2-1-4-3-5-7-6-4/h1,3H,(H,5,6,7). The summed E-state index contributed by atoms with van der Waals surface area (Å²) in [5.74, 6) is 1.57. The van der Waals surface area contributed by atoms with Crippen LogP contribution in [0.3, 0.4) is 0 Å². The molecule has 0 atom stereocenters. The Balaban J connectivity index is 2.93. The third-order valence-corrected chi connectivity index (χ3v) is 0.640. The van der Waals surface area contributed by atoms with Gasteiger partial charge in [0, 0.05) is 0 Å². The number of hydrogen-bond donors (Lipinski definition) is 1. The van der Waals surface area contributed by atoms with Crippen LogP contribution in [0, 0.1) is 0 Å². The summed E-state index contributed by atoms with van der Waals surface area (Å²) < 4.78 is 0. The first-order valence-corrected chi connectivity index (χ1v) is 2.00. The van der Waals surface area contributed by atoms with Crippen LogP contribution in [-0.4, -0.2) is 21.4 Å². The molecule has 4 nitrogen and oxygen atoms in total. The number of H-pyrrole nitrogens is 1. The fourth-order valence-corrected chi connectivity index (χ4v) is 0.340. The van der Waals surface area contributed by atoms with Crippen molar-refractivity contribution in [1.82, 2.24) is 15.4 Å². The second-order valence-electron chi connectivity index (χ2n) is 1.16. The van der Waals surface area contributed by atoms with Gasteiger partial charge in [-0.2, -0.15) is 15.4 Å². The van der Waals surface area contributed by atoms with Gasteiger partial charge in [-0.15, -0.1) is 0 Å². The van der Waals surface area contributed by atoms with Crippen LogP contribution >= 0.6 is 0 Å². The summed E-state index contributed by atoms with van der Waals surface area (Å²) in [5, 5.41) is 9.35. The van der Waals surface area contributed by atoms with E-state index in [1.807, 2.05) is 0 Å². The zero-order valence-electron chi connectivity index (χ0n) is 3.96. The van der Waals surface area contributed by atoms with Crippen molar-refractivity contribution in [3.05, 3.63) is 11.9 Å². The quantitative estimate of drug-likeness (QED) is 0.501. The van der Waals surface area contributed by atoms with Crippen molar-refractivity contribution >= 4 is 12.0 Å². The first kappa shape index (κ1) is 4.74. The topological polar surface area (TPSA) is 58.6 Å². The van der Waals surface area contributed by atoms with Crippen molar-refractivity contribution in [3.8, 4) is 0 Å². The second kappa shape index (κ2) is 2.04. The van der Waals surface area contributed by atoms with Gasteiger partial charge in [-0.1, -0.05) is 0 Å². The molecule has 1 aromatic rings. The van der Waals surface area contributed by atoms with E-state index in [4.69, 9.17) is 0 Å². The highest BCUT2D eigenvalue weighted by Gasteiger charge is 1.84. The zero-order chi connectivity index (χ0) is 5.82. The van der Waals surface area contributed by atoms with Gasteiger partial charge in [0.15, 0.2) is 0 Å². The highest BCUT2D eigenvalue weighted by Crippen LogP contribution is 1.85. The third kappa shape index (κ3) is 0.802. The lowest BCUT2D eigenvalue weighted by molar-refractivity contribution is 0.570. The molecule has 0 radical (unpaired) electrons. The van der Waals surface area contributed by atoms with E-state index in [0.29, 0.717) is 5.69 Å². The fourth-order valence-electron chi connectivity index (χ4n) is 0.340. The molecule has 1 N–H and O–H groups in total. The molecule has 0 amide bonds. The number of aromatic amines is 1. The summed E-state index contributed by atoms with van der Waals surface area (Å²) in [6.45, 7) is 0. The minimum Gasteiger partial charge on any atom is -0.233 e. The van der Waals surface area contributed by atoms with Gasteiger partial charge in [0.2, 0.25) is 0 Å². The lowest BCUT2D eigenvalue weighted by atomic mass is 10.5. The molecule has 0 unspecified atom stereocenters. The second-order valence-corrected chi connectivity index (χ2v) is 1.16. The van der Waals surface area contributed by atoms with Crippen molar-refractivity contribution in [2.75, 3.05) is 0 Å². The number of nitrogens with one attached hydrogen (secondary N) is 1. The van der Waals surface area contributed by atoms with Gasteiger partial charge in [0.25, 0.3) is 0 Å². The molecule has 0 saturated carbocycles. The Morgan fingerprint density at radius 3 is 3.25 bits per heavy atom. The monoisotopic (exact) mass is 109 g/mol. The Morgan fingerprint density at radius 1 is 1.88 bits per heavy atom. The van der Waals surface area contributed by atoms with Crippen molar-refractivity contribution < 1.29 is 4.79 Å². The third-order valence-electron chi connectivity index (χ3n) is 0.640. The SMILES string of the molecule is O=C=Cc1cn[nH]n1. The molecule has 0 aliphatic rings. The Kier molecular flexibility index (Phi) is 1.21. The maximum absolute atomic E-state index is 9.61. The lowest BCUT2D eigenvalue weighted by Crippen LogP contribution is -1.69. The summed E-state index contributed by atoms with van der Waals surface area (Å²) in [7, 11) is 0. The predicted molar refractivity (Wildman–Crippen MR) is 26.5 cm³/mol. The average molecular weight is 109 g/mol. The Labute approximate surface area is 45.2 Å². The van der Waals surface area contributed by atoms with Crippen LogP contribution in [0.4, 0.5) is 0 Å². The van der Waals surface area contributed by atoms with Gasteiger partial charge in [0.05, 0.1) is 12.3 Å². The van der Waals surface area contributed by atoms with Gasteiger partial charge < -0.3 is 0 Å². The summed E-state index contributed by atoms with van der Waals surface area (Å²) in [4.78, 5) is 9.61. The van der Waals surface area contributed by atoms with Crippen LogP contribution in [-0.2, 0) is 4.79 Å². The summed E-state index contributed by atoms with van der Waals surface area (Å²) >= 11 is 0. The lowest BCUT2D eigenvalue weighted by Gasteiger charge is -1.65. The number of rotatable bonds is 1. The van der Waals surface area contributed by atoms with Crippen LogP contribution in [0.25, 0.3) is 6.08 Å². The molecule has 1 aromatic heterocycles. The molecule has 0 aromatic carbocycles. The Morgan fingerprint density at radius 2 is 2.75 bits per heavy atom. The number of carbonyl (C=O) groups excluding carboxylic acids is 1. The summed E-state index contributed by atoms with van der Waals surface area (Å²) in [5.41, 5.74) is 0.500. The highest BCUT2D eigenvalue weighted by molar-refractivity contribution is 5.72. The summed E-state index contributed by atoms with van der Waals surface area (Å²) in [6.07, 6.45) is 2.63. The van der Waals surface area contributed by atoms with Crippen LogP contribution in [0.15, 0.2) is 6.20 Å². The molecule has 1 rings (SSSR count). The molecule has 0 bridgehead atoms. The predicted octanol–water partition coefficient (Wildman–Crippen LogP) is -0.350. The van der Waals surface area contributed by atoms with Gasteiger partial charge in [-0.25, -0.2) is 4.79 Å². The molecular formula is C4H3N3O. The van der Waals surface area contributed by atoms with Crippen LogP contribution < -0.4 is 0 Å². The van der Waals surface area contributed by atoms with E-state index < -0.39 is 0 Å². The molecule has 8 heavy (non-hydrogen) atoms. The number of aromatic nitrogens is 3. The van der Waals surface area contributed by atoms with Gasteiger partial charge in [-0.05, 0) is 0 Å². The van der Waals surface area contributed by atoms with Gasteiger partial charge in [-0.3, -0.25) is 0 Å². The zero-order valence-corrected chi connectivity index (χ0v) is 3.96. The minimum absolute atomic E-state index is 0.500.